The maximum absolute atomic E-state index is 12.4. The highest BCUT2D eigenvalue weighted by atomic mass is 32.2. The maximum Gasteiger partial charge on any atom is 0.319 e. The van der Waals surface area contributed by atoms with E-state index in [0.717, 1.165) is 4.90 Å². The molecule has 2 rings (SSSR count). The number of aliphatic carboxylic acids is 1. The lowest BCUT2D eigenvalue weighted by Crippen LogP contribution is -2.66. The first-order chi connectivity index (χ1) is 17.8. The monoisotopic (exact) mass is 561 g/mol. The van der Waals surface area contributed by atoms with Crippen LogP contribution in [-0.4, -0.2) is 91.1 Å². The minimum Gasteiger partial charge on any atom is -0.548 e. The molecular formula is C27H51N3O7S. The Morgan fingerprint density at radius 2 is 1.37 bits per heavy atom. The Morgan fingerprint density at radius 1 is 0.947 bits per heavy atom. The third kappa shape index (κ3) is 7.69. The Balaban J connectivity index is 0.000000391. The van der Waals surface area contributed by atoms with Gasteiger partial charge in [0.15, 0.2) is 9.84 Å². The van der Waals surface area contributed by atoms with Crippen LogP contribution >= 0.6 is 0 Å². The molecule has 2 N–H and O–H groups in total. The summed E-state index contributed by atoms with van der Waals surface area (Å²) in [5.74, 6) is -4.19. The second kappa shape index (κ2) is 15.2. The Hall–Kier alpha value is -1.72. The van der Waals surface area contributed by atoms with Crippen LogP contribution in [0.15, 0.2) is 0 Å². The molecule has 2 saturated heterocycles. The summed E-state index contributed by atoms with van der Waals surface area (Å²) < 4.78 is 29.3. The summed E-state index contributed by atoms with van der Waals surface area (Å²) in [6.07, 6.45) is 11.1. The largest absolute Gasteiger partial charge is 0.548 e. The molecule has 2 fully saturated rings. The lowest BCUT2D eigenvalue weighted by molar-refractivity contribution is -0.929. The molecule has 0 aromatic carbocycles. The topological polar surface area (TPSA) is 147 Å². The first-order valence-electron chi connectivity index (χ1n) is 14.3. The van der Waals surface area contributed by atoms with E-state index in [4.69, 9.17) is 10.5 Å². The molecule has 0 aromatic heterocycles. The van der Waals surface area contributed by atoms with Crippen LogP contribution < -0.4 is 10.8 Å². The fourth-order valence-corrected chi connectivity index (χ4v) is 7.73. The smallest absolute Gasteiger partial charge is 0.319 e. The number of nitrogens with zero attached hydrogens (tertiary/aromatic N) is 2. The summed E-state index contributed by atoms with van der Waals surface area (Å²) >= 11 is 0. The number of esters is 1. The van der Waals surface area contributed by atoms with E-state index in [9.17, 15) is 27.9 Å². The molecule has 2 aliphatic heterocycles. The van der Waals surface area contributed by atoms with Crippen LogP contribution in [0.25, 0.3) is 0 Å². The second-order valence-corrected chi connectivity index (χ2v) is 13.8. The zero-order chi connectivity index (χ0) is 29.1. The first-order valence-corrected chi connectivity index (χ1v) is 15.8. The van der Waals surface area contributed by atoms with E-state index in [1.807, 2.05) is 0 Å². The number of fused-ring (bicyclic) bond motifs is 1. The molecule has 3 atom stereocenters. The molecule has 0 spiro atoms. The molecule has 38 heavy (non-hydrogen) atoms. The molecule has 0 radical (unpaired) electrons. The van der Waals surface area contributed by atoms with Gasteiger partial charge < -0.3 is 29.8 Å². The second-order valence-electron chi connectivity index (χ2n) is 11.2. The molecule has 1 amide bonds. The van der Waals surface area contributed by atoms with E-state index < -0.39 is 62.9 Å². The molecule has 0 aromatic rings. The van der Waals surface area contributed by atoms with Crippen LogP contribution in [0, 0.1) is 5.92 Å². The van der Waals surface area contributed by atoms with E-state index in [1.54, 1.807) is 0 Å². The van der Waals surface area contributed by atoms with Gasteiger partial charge in [-0.2, -0.15) is 0 Å². The number of sulfone groups is 1. The van der Waals surface area contributed by atoms with Crippen molar-refractivity contribution in [2.75, 3.05) is 39.3 Å². The van der Waals surface area contributed by atoms with E-state index >= 15 is 0 Å². The lowest BCUT2D eigenvalue weighted by Gasteiger charge is -2.43. The Labute approximate surface area is 229 Å². The Morgan fingerprint density at radius 3 is 1.71 bits per heavy atom. The van der Waals surface area contributed by atoms with Crippen LogP contribution in [0.3, 0.4) is 0 Å². The number of carbonyl (C=O) groups is 3. The molecule has 2 aliphatic rings. The quantitative estimate of drug-likeness (QED) is 0.170. The van der Waals surface area contributed by atoms with Crippen LogP contribution in [0.1, 0.15) is 92.9 Å². The number of unbranched alkanes of at least 4 members (excludes halogenated alkanes) is 4. The standard InChI is InChI=1S/C16H36N.C11H16N2O7S/c1-5-9-13-17(14-10-6-2,15-11-7-3)16-12-8-4;1-11(2)7(10(16)17)13-8(15)5(4-20-6(14)3-12)9(13)21(11,18)19/h5-16H2,1-4H3;5,7,9H,3-4,12H2,1-2H3,(H,16,17)/q+1;/p-1/t;5-,7-,9+/m.0/s1. The summed E-state index contributed by atoms with van der Waals surface area (Å²) in [7, 11) is -3.93. The Bertz CT molecular complexity index is 854. The molecule has 222 valence electrons. The summed E-state index contributed by atoms with van der Waals surface area (Å²) in [4.78, 5) is 34.9. The van der Waals surface area contributed by atoms with Gasteiger partial charge in [0.1, 0.15) is 17.9 Å². The lowest BCUT2D eigenvalue weighted by atomic mass is 9.92. The summed E-state index contributed by atoms with van der Waals surface area (Å²) in [5.41, 5.74) is 5.04. The van der Waals surface area contributed by atoms with Gasteiger partial charge in [0.25, 0.3) is 0 Å². The summed E-state index contributed by atoms with van der Waals surface area (Å²) in [6, 6.07) is -1.55. The van der Waals surface area contributed by atoms with Gasteiger partial charge in [-0.25, -0.2) is 8.42 Å². The van der Waals surface area contributed by atoms with Gasteiger partial charge in [-0.05, 0) is 39.5 Å². The highest BCUT2D eigenvalue weighted by molar-refractivity contribution is 7.93. The van der Waals surface area contributed by atoms with E-state index in [0.29, 0.717) is 0 Å². The van der Waals surface area contributed by atoms with Crippen molar-refractivity contribution in [3.63, 3.8) is 0 Å². The van der Waals surface area contributed by atoms with Crippen LogP contribution in [0.4, 0.5) is 0 Å². The number of hydrogen-bond donors (Lipinski definition) is 1. The summed E-state index contributed by atoms with van der Waals surface area (Å²) in [5, 5.41) is 9.88. The van der Waals surface area contributed by atoms with E-state index in [-0.39, 0.29) is 0 Å². The average molecular weight is 562 g/mol. The van der Waals surface area contributed by atoms with Crippen molar-refractivity contribution in [1.29, 1.82) is 0 Å². The van der Waals surface area contributed by atoms with Gasteiger partial charge in [0.2, 0.25) is 5.91 Å². The zero-order valence-corrected chi connectivity index (χ0v) is 25.2. The third-order valence-electron chi connectivity index (χ3n) is 7.94. The minimum absolute atomic E-state index is 0.394. The van der Waals surface area contributed by atoms with Gasteiger partial charge in [0, 0.05) is 0 Å². The van der Waals surface area contributed by atoms with Crippen molar-refractivity contribution in [3.05, 3.63) is 0 Å². The SMILES string of the molecule is CC1(C)[C@H](C(=O)[O-])N2C(=O)[C@H](COC(=O)CN)[C@H]2S1(=O)=O.CCCC[N+](CCCC)(CCCC)CCCC. The van der Waals surface area contributed by atoms with Crippen molar-refractivity contribution in [3.8, 4) is 0 Å². The van der Waals surface area contributed by atoms with Gasteiger partial charge in [-0.15, -0.1) is 0 Å². The number of β-lactam (4-membered cyclic amide) rings is 1. The highest BCUT2D eigenvalue weighted by Gasteiger charge is 2.70. The number of hydrogen-bond acceptors (Lipinski definition) is 8. The van der Waals surface area contributed by atoms with Gasteiger partial charge in [-0.1, -0.05) is 53.4 Å². The minimum atomic E-state index is -3.93. The summed E-state index contributed by atoms with van der Waals surface area (Å²) in [6.45, 7) is 16.7. The number of amides is 1. The molecule has 0 saturated carbocycles. The number of carboxylic acids is 1. The number of quaternary nitrogens is 1. The molecular weight excluding hydrogens is 510 g/mol. The highest BCUT2D eigenvalue weighted by Crippen LogP contribution is 2.48. The fraction of sp³-hybridized carbons (Fsp3) is 0.889. The molecule has 11 heteroatoms. The number of nitrogens with two attached hydrogens (primary N) is 1. The Kier molecular flexibility index (Phi) is 13.7. The predicted octanol–water partition coefficient (Wildman–Crippen LogP) is 1.60. The zero-order valence-electron chi connectivity index (χ0n) is 24.4. The molecule has 0 unspecified atom stereocenters. The number of carbonyl (C=O) groups excluding carboxylic acids is 3. The average Bonchev–Trinajstić information content (AvgIpc) is 3.02. The molecule has 2 heterocycles. The molecule has 0 bridgehead atoms. The maximum atomic E-state index is 12.4. The van der Waals surface area contributed by atoms with Crippen molar-refractivity contribution >= 4 is 27.7 Å². The van der Waals surface area contributed by atoms with Crippen LogP contribution in [0.2, 0.25) is 0 Å². The fourth-order valence-electron chi connectivity index (χ4n) is 5.43. The number of carboxylic acid groups (broad SMARTS) is 1. The molecule has 0 aliphatic carbocycles. The normalized spacial score (nSPS) is 23.2. The van der Waals surface area contributed by atoms with Crippen molar-refractivity contribution in [2.24, 2.45) is 11.7 Å². The third-order valence-corrected chi connectivity index (χ3v) is 10.8. The van der Waals surface area contributed by atoms with Crippen LogP contribution in [0.5, 0.6) is 0 Å². The predicted molar refractivity (Wildman–Crippen MR) is 145 cm³/mol. The number of rotatable bonds is 16. The molecule has 10 nitrogen and oxygen atoms in total. The van der Waals surface area contributed by atoms with Crippen molar-refractivity contribution < 1.29 is 37.1 Å². The van der Waals surface area contributed by atoms with Crippen LogP contribution in [-0.2, 0) is 29.0 Å². The first kappa shape index (κ1) is 34.3. The number of ether oxygens (including phenoxy) is 1. The van der Waals surface area contributed by atoms with E-state index in [2.05, 4.69) is 27.7 Å². The van der Waals surface area contributed by atoms with Crippen molar-refractivity contribution in [2.45, 2.75) is 109 Å². The van der Waals surface area contributed by atoms with Gasteiger partial charge in [-0.3, -0.25) is 9.59 Å². The van der Waals surface area contributed by atoms with Gasteiger partial charge in [0.05, 0.1) is 49.5 Å². The van der Waals surface area contributed by atoms with Crippen molar-refractivity contribution in [1.82, 2.24) is 4.90 Å². The van der Waals surface area contributed by atoms with E-state index in [1.165, 1.54) is 95.9 Å². The van der Waals surface area contributed by atoms with Gasteiger partial charge >= 0.3 is 5.97 Å².